The summed E-state index contributed by atoms with van der Waals surface area (Å²) in [7, 11) is -3.10. The van der Waals surface area contributed by atoms with Crippen LogP contribution in [0.1, 0.15) is 32.6 Å². The van der Waals surface area contributed by atoms with E-state index in [1.807, 2.05) is 0 Å². The molecule has 1 unspecified atom stereocenters. The van der Waals surface area contributed by atoms with Crippen LogP contribution in [-0.2, 0) is 10.0 Å². The summed E-state index contributed by atoms with van der Waals surface area (Å²) >= 11 is 0. The molecule has 0 aromatic heterocycles. The fourth-order valence-electron chi connectivity index (χ4n) is 2.01. The summed E-state index contributed by atoms with van der Waals surface area (Å²) < 4.78 is 25.4. The zero-order chi connectivity index (χ0) is 10.6. The van der Waals surface area contributed by atoms with E-state index in [1.165, 1.54) is 12.8 Å². The van der Waals surface area contributed by atoms with Crippen molar-refractivity contribution < 1.29 is 8.42 Å². The van der Waals surface area contributed by atoms with E-state index in [4.69, 9.17) is 5.73 Å². The summed E-state index contributed by atoms with van der Waals surface area (Å²) in [5.74, 6) is 0.581. The zero-order valence-corrected chi connectivity index (χ0v) is 9.52. The van der Waals surface area contributed by atoms with Gasteiger partial charge in [0, 0.05) is 12.6 Å². The molecule has 0 heterocycles. The first kappa shape index (κ1) is 11.9. The van der Waals surface area contributed by atoms with E-state index in [0.29, 0.717) is 12.5 Å². The maximum atomic E-state index is 11.4. The minimum Gasteiger partial charge on any atom is -0.329 e. The van der Waals surface area contributed by atoms with Gasteiger partial charge in [0.1, 0.15) is 0 Å². The van der Waals surface area contributed by atoms with Crippen LogP contribution in [0, 0.1) is 5.92 Å². The van der Waals surface area contributed by atoms with Gasteiger partial charge in [0.2, 0.25) is 10.0 Å². The molecule has 3 N–H and O–H groups in total. The largest absolute Gasteiger partial charge is 0.329 e. The second kappa shape index (κ2) is 5.09. The molecular formula is C9H20N2O2S. The van der Waals surface area contributed by atoms with Crippen LogP contribution < -0.4 is 10.5 Å². The molecule has 0 aromatic rings. The third-order valence-electron chi connectivity index (χ3n) is 2.93. The molecule has 14 heavy (non-hydrogen) atoms. The molecule has 0 radical (unpaired) electrons. The van der Waals surface area contributed by atoms with Crippen LogP contribution in [0.5, 0.6) is 0 Å². The van der Waals surface area contributed by atoms with Gasteiger partial charge in [0.05, 0.1) is 5.75 Å². The van der Waals surface area contributed by atoms with Crippen molar-refractivity contribution in [2.75, 3.05) is 12.3 Å². The minimum atomic E-state index is -3.10. The van der Waals surface area contributed by atoms with Crippen molar-refractivity contribution >= 4 is 10.0 Å². The highest BCUT2D eigenvalue weighted by molar-refractivity contribution is 7.89. The van der Waals surface area contributed by atoms with Crippen LogP contribution >= 0.6 is 0 Å². The first-order valence-electron chi connectivity index (χ1n) is 5.29. The van der Waals surface area contributed by atoms with E-state index in [1.54, 1.807) is 6.92 Å². The lowest BCUT2D eigenvalue weighted by atomic mass is 9.99. The number of nitrogens with two attached hydrogens (primary N) is 1. The Labute approximate surface area is 86.3 Å². The summed E-state index contributed by atoms with van der Waals surface area (Å²) in [5, 5.41) is 0. The molecule has 1 atom stereocenters. The quantitative estimate of drug-likeness (QED) is 0.706. The molecule has 5 heteroatoms. The Morgan fingerprint density at radius 1 is 1.43 bits per heavy atom. The van der Waals surface area contributed by atoms with E-state index in [0.717, 1.165) is 12.8 Å². The fourth-order valence-corrected chi connectivity index (χ4v) is 2.93. The average Bonchev–Trinajstić information content (AvgIpc) is 2.67. The second-order valence-corrected chi connectivity index (χ2v) is 5.95. The Kier molecular flexibility index (Phi) is 4.34. The highest BCUT2D eigenvalue weighted by Crippen LogP contribution is 2.27. The third kappa shape index (κ3) is 3.22. The van der Waals surface area contributed by atoms with Gasteiger partial charge in [-0.15, -0.1) is 0 Å². The topological polar surface area (TPSA) is 72.2 Å². The van der Waals surface area contributed by atoms with Gasteiger partial charge < -0.3 is 5.73 Å². The number of hydrogen-bond donors (Lipinski definition) is 2. The predicted octanol–water partition coefficient (Wildman–Crippen LogP) is 0.443. The van der Waals surface area contributed by atoms with Crippen molar-refractivity contribution in [3.63, 3.8) is 0 Å². The van der Waals surface area contributed by atoms with Crippen LogP contribution in [0.15, 0.2) is 0 Å². The molecule has 0 spiro atoms. The number of sulfonamides is 1. The molecule has 0 aromatic carbocycles. The van der Waals surface area contributed by atoms with Gasteiger partial charge in [-0.1, -0.05) is 12.8 Å². The maximum Gasteiger partial charge on any atom is 0.211 e. The monoisotopic (exact) mass is 220 g/mol. The van der Waals surface area contributed by atoms with Crippen LogP contribution in [0.4, 0.5) is 0 Å². The predicted molar refractivity (Wildman–Crippen MR) is 57.4 cm³/mol. The molecule has 0 saturated heterocycles. The summed E-state index contributed by atoms with van der Waals surface area (Å²) in [6.45, 7) is 2.05. The molecule has 0 bridgehead atoms. The molecule has 1 aliphatic carbocycles. The lowest BCUT2D eigenvalue weighted by Crippen LogP contribution is -2.45. The molecule has 0 aliphatic heterocycles. The van der Waals surface area contributed by atoms with Crippen LogP contribution in [0.25, 0.3) is 0 Å². The van der Waals surface area contributed by atoms with Gasteiger partial charge in [0.25, 0.3) is 0 Å². The average molecular weight is 220 g/mol. The Balaban J connectivity index is 2.54. The van der Waals surface area contributed by atoms with Crippen molar-refractivity contribution in [2.45, 2.75) is 38.6 Å². The highest BCUT2D eigenvalue weighted by Gasteiger charge is 2.26. The first-order chi connectivity index (χ1) is 6.59. The summed E-state index contributed by atoms with van der Waals surface area (Å²) in [6.07, 6.45) is 4.62. The summed E-state index contributed by atoms with van der Waals surface area (Å²) in [6, 6.07) is -0.0533. The van der Waals surface area contributed by atoms with E-state index >= 15 is 0 Å². The molecule has 1 aliphatic rings. The van der Waals surface area contributed by atoms with Gasteiger partial charge in [-0.3, -0.25) is 0 Å². The second-order valence-electron chi connectivity index (χ2n) is 3.91. The van der Waals surface area contributed by atoms with Crippen LogP contribution in [0.3, 0.4) is 0 Å². The van der Waals surface area contributed by atoms with Gasteiger partial charge in [-0.05, 0) is 25.7 Å². The molecule has 1 fully saturated rings. The van der Waals surface area contributed by atoms with Crippen molar-refractivity contribution in [3.05, 3.63) is 0 Å². The van der Waals surface area contributed by atoms with Gasteiger partial charge >= 0.3 is 0 Å². The molecule has 1 saturated carbocycles. The van der Waals surface area contributed by atoms with Gasteiger partial charge in [0.15, 0.2) is 0 Å². The lowest BCUT2D eigenvalue weighted by molar-refractivity contribution is 0.406. The van der Waals surface area contributed by atoms with Gasteiger partial charge in [-0.25, -0.2) is 13.1 Å². The maximum absolute atomic E-state index is 11.4. The smallest absolute Gasteiger partial charge is 0.211 e. The van der Waals surface area contributed by atoms with E-state index in [-0.39, 0.29) is 11.8 Å². The Bertz CT molecular complexity index is 258. The number of hydrogen-bond acceptors (Lipinski definition) is 3. The lowest BCUT2D eigenvalue weighted by Gasteiger charge is -2.22. The first-order valence-corrected chi connectivity index (χ1v) is 6.94. The fraction of sp³-hybridized carbons (Fsp3) is 1.00. The van der Waals surface area contributed by atoms with Crippen molar-refractivity contribution in [1.82, 2.24) is 4.72 Å². The summed E-state index contributed by atoms with van der Waals surface area (Å²) in [5.41, 5.74) is 5.59. The summed E-state index contributed by atoms with van der Waals surface area (Å²) in [4.78, 5) is 0. The zero-order valence-electron chi connectivity index (χ0n) is 8.70. The Hall–Kier alpha value is -0.130. The van der Waals surface area contributed by atoms with E-state index < -0.39 is 10.0 Å². The van der Waals surface area contributed by atoms with E-state index in [9.17, 15) is 8.42 Å². The minimum absolute atomic E-state index is 0.0533. The number of nitrogens with one attached hydrogen (secondary N) is 1. The Morgan fingerprint density at radius 3 is 2.43 bits per heavy atom. The van der Waals surface area contributed by atoms with Crippen molar-refractivity contribution in [3.8, 4) is 0 Å². The third-order valence-corrected chi connectivity index (χ3v) is 4.36. The molecular weight excluding hydrogens is 200 g/mol. The molecule has 0 amide bonds. The van der Waals surface area contributed by atoms with Crippen molar-refractivity contribution in [1.29, 1.82) is 0 Å². The SMILES string of the molecule is CCS(=O)(=O)NC(CN)C1CCCC1. The van der Waals surface area contributed by atoms with Crippen LogP contribution in [0.2, 0.25) is 0 Å². The number of rotatable bonds is 5. The molecule has 84 valence electrons. The normalized spacial score (nSPS) is 21.3. The highest BCUT2D eigenvalue weighted by atomic mass is 32.2. The standard InChI is InChI=1S/C9H20N2O2S/c1-2-14(12,13)11-9(7-10)8-5-3-4-6-8/h8-9,11H,2-7,10H2,1H3. The van der Waals surface area contributed by atoms with Crippen molar-refractivity contribution in [2.24, 2.45) is 11.7 Å². The molecule has 1 rings (SSSR count). The molecule has 4 nitrogen and oxygen atoms in total. The van der Waals surface area contributed by atoms with Gasteiger partial charge in [-0.2, -0.15) is 0 Å². The Morgan fingerprint density at radius 2 is 2.00 bits per heavy atom. The van der Waals surface area contributed by atoms with E-state index in [2.05, 4.69) is 4.72 Å². The van der Waals surface area contributed by atoms with Crippen LogP contribution in [-0.4, -0.2) is 26.8 Å².